The minimum absolute atomic E-state index is 0.0527. The van der Waals surface area contributed by atoms with Crippen molar-refractivity contribution in [2.24, 2.45) is 4.99 Å². The highest BCUT2D eigenvalue weighted by atomic mass is 32.2. The Hall–Kier alpha value is -1.61. The van der Waals surface area contributed by atoms with Crippen molar-refractivity contribution in [2.45, 2.75) is 32.4 Å². The molecule has 1 aliphatic rings. The highest BCUT2D eigenvalue weighted by molar-refractivity contribution is 7.91. The maximum Gasteiger partial charge on any atom is 0.222 e. The molecule has 2 heterocycles. The molecule has 0 aromatic carbocycles. The van der Waals surface area contributed by atoms with Crippen LogP contribution in [0.3, 0.4) is 0 Å². The Bertz CT molecular complexity index is 656. The van der Waals surface area contributed by atoms with E-state index in [-0.39, 0.29) is 29.9 Å². The molecule has 1 aromatic rings. The molecule has 1 fully saturated rings. The van der Waals surface area contributed by atoms with Gasteiger partial charge >= 0.3 is 0 Å². The summed E-state index contributed by atoms with van der Waals surface area (Å²) in [5.74, 6) is 0.744. The third kappa shape index (κ3) is 6.48. The van der Waals surface area contributed by atoms with Crippen molar-refractivity contribution in [2.75, 3.05) is 24.6 Å². The Kier molecular flexibility index (Phi) is 7.04. The van der Waals surface area contributed by atoms with Crippen molar-refractivity contribution in [3.8, 4) is 0 Å². The van der Waals surface area contributed by atoms with Gasteiger partial charge in [-0.25, -0.2) is 13.4 Å². The first-order valence-electron chi connectivity index (χ1n) is 8.03. The van der Waals surface area contributed by atoms with Crippen LogP contribution in [0.25, 0.3) is 0 Å². The van der Waals surface area contributed by atoms with Crippen LogP contribution in [0.5, 0.6) is 0 Å². The minimum Gasteiger partial charge on any atom is -0.357 e. The number of amides is 1. The summed E-state index contributed by atoms with van der Waals surface area (Å²) >= 11 is 1.65. The number of sulfone groups is 1. The van der Waals surface area contributed by atoms with Crippen LogP contribution in [0.15, 0.2) is 22.5 Å². The Morgan fingerprint density at radius 3 is 2.88 bits per heavy atom. The van der Waals surface area contributed by atoms with Gasteiger partial charge in [0.2, 0.25) is 5.91 Å². The van der Waals surface area contributed by atoms with Gasteiger partial charge in [0, 0.05) is 30.4 Å². The second kappa shape index (κ2) is 9.03. The first kappa shape index (κ1) is 18.7. The van der Waals surface area contributed by atoms with E-state index in [0.717, 1.165) is 6.54 Å². The largest absolute Gasteiger partial charge is 0.357 e. The molecule has 1 aromatic heterocycles. The molecule has 7 nitrogen and oxygen atoms in total. The first-order valence-corrected chi connectivity index (χ1v) is 10.7. The van der Waals surface area contributed by atoms with E-state index in [2.05, 4.69) is 20.9 Å². The molecular weight excluding hydrogens is 348 g/mol. The molecule has 1 unspecified atom stereocenters. The molecule has 0 aliphatic carbocycles. The van der Waals surface area contributed by atoms with Crippen molar-refractivity contribution < 1.29 is 13.2 Å². The molecular formula is C15H24N4O3S2. The van der Waals surface area contributed by atoms with Gasteiger partial charge in [-0.1, -0.05) is 6.07 Å². The maximum atomic E-state index is 11.9. The second-order valence-electron chi connectivity index (χ2n) is 5.62. The average molecular weight is 373 g/mol. The van der Waals surface area contributed by atoms with Gasteiger partial charge in [-0.05, 0) is 24.8 Å². The average Bonchev–Trinajstić information content (AvgIpc) is 3.14. The fourth-order valence-corrected chi connectivity index (χ4v) is 4.71. The predicted octanol–water partition coefficient (Wildman–Crippen LogP) is 0.497. The number of nitrogens with one attached hydrogen (secondary N) is 3. The zero-order chi connectivity index (χ0) is 17.4. The molecule has 24 heavy (non-hydrogen) atoms. The lowest BCUT2D eigenvalue weighted by Crippen LogP contribution is -2.41. The monoisotopic (exact) mass is 372 g/mol. The molecule has 1 atom stereocenters. The topological polar surface area (TPSA) is 99.7 Å². The van der Waals surface area contributed by atoms with Gasteiger partial charge < -0.3 is 16.0 Å². The van der Waals surface area contributed by atoms with E-state index in [1.165, 1.54) is 4.88 Å². The van der Waals surface area contributed by atoms with Gasteiger partial charge in [-0.15, -0.1) is 11.3 Å². The first-order chi connectivity index (χ1) is 11.5. The zero-order valence-corrected chi connectivity index (χ0v) is 15.4. The lowest BCUT2D eigenvalue weighted by Gasteiger charge is -2.13. The Balaban J connectivity index is 1.71. The molecule has 1 amide bonds. The van der Waals surface area contributed by atoms with Gasteiger partial charge in [-0.2, -0.15) is 0 Å². The molecule has 0 radical (unpaired) electrons. The number of guanidine groups is 1. The van der Waals surface area contributed by atoms with Crippen LogP contribution in [0, 0.1) is 0 Å². The smallest absolute Gasteiger partial charge is 0.222 e. The normalized spacial score (nSPS) is 19.9. The van der Waals surface area contributed by atoms with E-state index in [0.29, 0.717) is 25.5 Å². The van der Waals surface area contributed by atoms with Crippen LogP contribution in [0.1, 0.15) is 24.6 Å². The van der Waals surface area contributed by atoms with Crippen LogP contribution in [0.2, 0.25) is 0 Å². The van der Waals surface area contributed by atoms with Gasteiger partial charge in [0.05, 0.1) is 18.1 Å². The minimum atomic E-state index is -2.97. The maximum absolute atomic E-state index is 11.9. The molecule has 0 spiro atoms. The number of rotatable bonds is 7. The van der Waals surface area contributed by atoms with Crippen LogP contribution < -0.4 is 16.0 Å². The highest BCUT2D eigenvalue weighted by Gasteiger charge is 2.28. The number of hydrogen-bond donors (Lipinski definition) is 3. The van der Waals surface area contributed by atoms with E-state index in [4.69, 9.17) is 0 Å². The van der Waals surface area contributed by atoms with E-state index < -0.39 is 9.84 Å². The summed E-state index contributed by atoms with van der Waals surface area (Å²) in [6.07, 6.45) is 0.784. The predicted molar refractivity (Wildman–Crippen MR) is 97.0 cm³/mol. The van der Waals surface area contributed by atoms with Crippen molar-refractivity contribution in [3.05, 3.63) is 22.4 Å². The van der Waals surface area contributed by atoms with Crippen molar-refractivity contribution in [3.63, 3.8) is 0 Å². The van der Waals surface area contributed by atoms with Crippen LogP contribution in [-0.4, -0.2) is 50.9 Å². The fraction of sp³-hybridized carbons (Fsp3) is 0.600. The van der Waals surface area contributed by atoms with E-state index in [1.54, 1.807) is 11.3 Å². The SMILES string of the molecule is CCNC(=NCc1cccs1)NCCC(=O)NC1CCS(=O)(=O)C1. The summed E-state index contributed by atoms with van der Waals surface area (Å²) in [6.45, 7) is 3.76. The Morgan fingerprint density at radius 1 is 1.42 bits per heavy atom. The summed E-state index contributed by atoms with van der Waals surface area (Å²) in [7, 11) is -2.97. The summed E-state index contributed by atoms with van der Waals surface area (Å²) in [5.41, 5.74) is 0. The number of aliphatic imine (C=N–C) groups is 1. The van der Waals surface area contributed by atoms with Gasteiger partial charge in [0.25, 0.3) is 0 Å². The van der Waals surface area contributed by atoms with Gasteiger partial charge in [0.1, 0.15) is 0 Å². The fourth-order valence-electron chi connectivity index (χ4n) is 2.40. The number of nitrogens with zero attached hydrogens (tertiary/aromatic N) is 1. The molecule has 1 saturated heterocycles. The van der Waals surface area contributed by atoms with Gasteiger partial charge in [-0.3, -0.25) is 4.79 Å². The molecule has 134 valence electrons. The highest BCUT2D eigenvalue weighted by Crippen LogP contribution is 2.11. The number of carbonyl (C=O) groups excluding carboxylic acids is 1. The van der Waals surface area contributed by atoms with E-state index >= 15 is 0 Å². The summed E-state index contributed by atoms with van der Waals surface area (Å²) in [4.78, 5) is 17.5. The van der Waals surface area contributed by atoms with Crippen LogP contribution in [-0.2, 0) is 21.2 Å². The van der Waals surface area contributed by atoms with E-state index in [1.807, 2.05) is 24.4 Å². The third-order valence-corrected chi connectivity index (χ3v) is 6.19. The summed E-state index contributed by atoms with van der Waals surface area (Å²) < 4.78 is 22.8. The summed E-state index contributed by atoms with van der Waals surface area (Å²) in [5, 5.41) is 11.0. The van der Waals surface area contributed by atoms with Crippen molar-refractivity contribution in [1.29, 1.82) is 0 Å². The number of hydrogen-bond acceptors (Lipinski definition) is 5. The molecule has 2 rings (SSSR count). The standard InChI is InChI=1S/C15H24N4O3S2/c1-2-16-15(18-10-13-4-3-8-23-13)17-7-5-14(20)19-12-6-9-24(21,22)11-12/h3-4,8,12H,2,5-7,9-11H2,1H3,(H,19,20)(H2,16,17,18). The van der Waals surface area contributed by atoms with Crippen molar-refractivity contribution in [1.82, 2.24) is 16.0 Å². The molecule has 3 N–H and O–H groups in total. The zero-order valence-electron chi connectivity index (χ0n) is 13.7. The number of carbonyl (C=O) groups is 1. The van der Waals surface area contributed by atoms with E-state index in [9.17, 15) is 13.2 Å². The van der Waals surface area contributed by atoms with Crippen LogP contribution >= 0.6 is 11.3 Å². The Labute approximate surface area is 146 Å². The third-order valence-electron chi connectivity index (χ3n) is 3.56. The van der Waals surface area contributed by atoms with Gasteiger partial charge in [0.15, 0.2) is 15.8 Å². The molecule has 0 bridgehead atoms. The lowest BCUT2D eigenvalue weighted by molar-refractivity contribution is -0.121. The van der Waals surface area contributed by atoms with Crippen molar-refractivity contribution >= 4 is 33.0 Å². The number of thiophene rings is 1. The lowest BCUT2D eigenvalue weighted by atomic mass is 10.2. The quantitative estimate of drug-likeness (QED) is 0.478. The molecule has 0 saturated carbocycles. The Morgan fingerprint density at radius 2 is 2.25 bits per heavy atom. The summed E-state index contributed by atoms with van der Waals surface area (Å²) in [6, 6.07) is 3.77. The molecule has 1 aliphatic heterocycles. The molecule has 9 heteroatoms. The van der Waals surface area contributed by atoms with Crippen LogP contribution in [0.4, 0.5) is 0 Å². The second-order valence-corrected chi connectivity index (χ2v) is 8.88.